The van der Waals surface area contributed by atoms with Crippen LogP contribution in [0.25, 0.3) is 0 Å². The second-order valence-electron chi connectivity index (χ2n) is 2.74. The molecule has 0 aliphatic rings. The first-order chi connectivity index (χ1) is 5.24. The van der Waals surface area contributed by atoms with E-state index in [-0.39, 0.29) is 6.04 Å². The van der Waals surface area contributed by atoms with E-state index < -0.39 is 0 Å². The van der Waals surface area contributed by atoms with Crippen LogP contribution in [0.5, 0.6) is 0 Å². The van der Waals surface area contributed by atoms with Crippen molar-refractivity contribution in [1.82, 2.24) is 0 Å². The van der Waals surface area contributed by atoms with Gasteiger partial charge in [0.2, 0.25) is 0 Å². The maximum Gasteiger partial charge on any atom is 0.148 e. The smallest absolute Gasteiger partial charge is 0.148 e. The molecule has 2 N–H and O–H groups in total. The maximum absolute atomic E-state index is 5.70. The number of hydrogen-bond acceptors (Lipinski definition) is 1. The van der Waals surface area contributed by atoms with Crippen LogP contribution in [0, 0.1) is 0 Å². The molecule has 0 aliphatic heterocycles. The predicted molar refractivity (Wildman–Crippen MR) is 50.3 cm³/mol. The van der Waals surface area contributed by atoms with Gasteiger partial charge in [-0.1, -0.05) is 36.6 Å². The minimum atomic E-state index is 0.140. The first kappa shape index (κ1) is 8.34. The second-order valence-corrected chi connectivity index (χ2v) is 2.74. The van der Waals surface area contributed by atoms with Crippen LogP contribution >= 0.6 is 0 Å². The molecular weight excluding hydrogens is 133 g/mol. The van der Waals surface area contributed by atoms with E-state index in [0.717, 1.165) is 0 Å². The van der Waals surface area contributed by atoms with Gasteiger partial charge in [0.1, 0.15) is 7.28 Å². The molecular formula is C9H13BN. The summed E-state index contributed by atoms with van der Waals surface area (Å²) in [6, 6.07) is 8.44. The molecule has 0 saturated heterocycles. The van der Waals surface area contributed by atoms with Gasteiger partial charge in [-0.15, -0.1) is 0 Å². The molecule has 1 nitrogen and oxygen atoms in total. The lowest BCUT2D eigenvalue weighted by atomic mass is 9.73. The molecule has 0 aromatic heterocycles. The van der Waals surface area contributed by atoms with E-state index in [0.29, 0.717) is 0 Å². The van der Waals surface area contributed by atoms with Gasteiger partial charge in [-0.3, -0.25) is 0 Å². The summed E-state index contributed by atoms with van der Waals surface area (Å²) in [5.41, 5.74) is 8.13. The molecule has 0 unspecified atom stereocenters. The van der Waals surface area contributed by atoms with E-state index in [1.54, 1.807) is 0 Å². The Hall–Kier alpha value is -0.755. The van der Waals surface area contributed by atoms with E-state index in [2.05, 4.69) is 31.5 Å². The number of benzene rings is 1. The summed E-state index contributed by atoms with van der Waals surface area (Å²) in [4.78, 5) is 0. The number of rotatable bonds is 2. The van der Waals surface area contributed by atoms with Crippen molar-refractivity contribution in [2.75, 3.05) is 0 Å². The molecule has 0 heterocycles. The average molecular weight is 146 g/mol. The van der Waals surface area contributed by atoms with Gasteiger partial charge in [0.25, 0.3) is 0 Å². The first-order valence-electron chi connectivity index (χ1n) is 3.89. The van der Waals surface area contributed by atoms with Crippen molar-refractivity contribution in [3.63, 3.8) is 0 Å². The normalized spacial score (nSPS) is 12.6. The molecule has 0 spiro atoms. The zero-order chi connectivity index (χ0) is 8.27. The molecule has 1 rings (SSSR count). The van der Waals surface area contributed by atoms with Crippen LogP contribution in [0.3, 0.4) is 0 Å². The summed E-state index contributed by atoms with van der Waals surface area (Å²) >= 11 is 0. The Morgan fingerprint density at radius 1 is 1.27 bits per heavy atom. The molecule has 1 aromatic rings. The Bertz CT molecular complexity index is 216. The SMILES string of the molecule is C[B]c1ccc([C@@H](C)N)cc1. The Kier molecular flexibility index (Phi) is 2.72. The lowest BCUT2D eigenvalue weighted by Gasteiger charge is -2.05. The third kappa shape index (κ3) is 2.09. The van der Waals surface area contributed by atoms with Gasteiger partial charge in [0.15, 0.2) is 0 Å². The summed E-state index contributed by atoms with van der Waals surface area (Å²) < 4.78 is 0. The topological polar surface area (TPSA) is 26.0 Å². The fourth-order valence-electron chi connectivity index (χ4n) is 0.992. The van der Waals surface area contributed by atoms with Crippen LogP contribution in [-0.4, -0.2) is 7.28 Å². The van der Waals surface area contributed by atoms with Crippen molar-refractivity contribution in [2.24, 2.45) is 5.73 Å². The second kappa shape index (κ2) is 3.58. The van der Waals surface area contributed by atoms with Crippen molar-refractivity contribution in [3.8, 4) is 0 Å². The van der Waals surface area contributed by atoms with Gasteiger partial charge in [-0.2, -0.15) is 0 Å². The van der Waals surface area contributed by atoms with Crippen molar-refractivity contribution in [2.45, 2.75) is 19.8 Å². The van der Waals surface area contributed by atoms with E-state index >= 15 is 0 Å². The average Bonchev–Trinajstić information content (AvgIpc) is 2.05. The summed E-state index contributed by atoms with van der Waals surface area (Å²) in [5.74, 6) is 0. The lowest BCUT2D eigenvalue weighted by Crippen LogP contribution is -2.11. The van der Waals surface area contributed by atoms with Crippen LogP contribution in [0.4, 0.5) is 0 Å². The van der Waals surface area contributed by atoms with E-state index in [1.807, 2.05) is 13.7 Å². The van der Waals surface area contributed by atoms with Gasteiger partial charge < -0.3 is 5.73 Å². The van der Waals surface area contributed by atoms with Crippen LogP contribution in [0.2, 0.25) is 6.82 Å². The van der Waals surface area contributed by atoms with Gasteiger partial charge in [-0.05, 0) is 12.5 Å². The summed E-state index contributed by atoms with van der Waals surface area (Å²) in [7, 11) is 2.07. The molecule has 2 heteroatoms. The van der Waals surface area contributed by atoms with Gasteiger partial charge in [0.05, 0.1) is 0 Å². The minimum absolute atomic E-state index is 0.140. The van der Waals surface area contributed by atoms with Crippen molar-refractivity contribution >= 4 is 12.7 Å². The molecule has 1 aromatic carbocycles. The molecule has 0 aliphatic carbocycles. The quantitative estimate of drug-likeness (QED) is 0.620. The van der Waals surface area contributed by atoms with E-state index in [4.69, 9.17) is 5.73 Å². The fourth-order valence-corrected chi connectivity index (χ4v) is 0.992. The monoisotopic (exact) mass is 146 g/mol. The largest absolute Gasteiger partial charge is 0.324 e. The summed E-state index contributed by atoms with van der Waals surface area (Å²) in [6.07, 6.45) is 0. The molecule has 0 amide bonds. The third-order valence-corrected chi connectivity index (χ3v) is 1.80. The van der Waals surface area contributed by atoms with E-state index in [9.17, 15) is 0 Å². The molecule has 0 saturated carbocycles. The predicted octanol–water partition coefficient (Wildman–Crippen LogP) is 1.08. The molecule has 57 valence electrons. The van der Waals surface area contributed by atoms with Crippen molar-refractivity contribution in [3.05, 3.63) is 29.8 Å². The fraction of sp³-hybridized carbons (Fsp3) is 0.333. The van der Waals surface area contributed by atoms with Gasteiger partial charge >= 0.3 is 0 Å². The van der Waals surface area contributed by atoms with Gasteiger partial charge in [0, 0.05) is 6.04 Å². The molecule has 0 fully saturated rings. The van der Waals surface area contributed by atoms with Crippen molar-refractivity contribution < 1.29 is 0 Å². The zero-order valence-electron chi connectivity index (χ0n) is 7.04. The van der Waals surface area contributed by atoms with Crippen molar-refractivity contribution in [1.29, 1.82) is 0 Å². The third-order valence-electron chi connectivity index (χ3n) is 1.80. The highest BCUT2D eigenvalue weighted by Gasteiger charge is 1.97. The highest BCUT2D eigenvalue weighted by Crippen LogP contribution is 2.05. The van der Waals surface area contributed by atoms with Crippen LogP contribution in [0.15, 0.2) is 24.3 Å². The first-order valence-corrected chi connectivity index (χ1v) is 3.89. The highest BCUT2D eigenvalue weighted by atomic mass is 14.6. The van der Waals surface area contributed by atoms with Crippen LogP contribution < -0.4 is 11.2 Å². The minimum Gasteiger partial charge on any atom is -0.324 e. The highest BCUT2D eigenvalue weighted by molar-refractivity contribution is 6.51. The molecule has 1 atom stereocenters. The number of hydrogen-bond donors (Lipinski definition) is 1. The Morgan fingerprint density at radius 3 is 2.18 bits per heavy atom. The molecule has 0 bridgehead atoms. The summed E-state index contributed by atoms with van der Waals surface area (Å²) in [6.45, 7) is 4.02. The maximum atomic E-state index is 5.70. The Morgan fingerprint density at radius 2 is 1.82 bits per heavy atom. The zero-order valence-corrected chi connectivity index (χ0v) is 7.04. The Balaban J connectivity index is 2.83. The summed E-state index contributed by atoms with van der Waals surface area (Å²) in [5, 5.41) is 0. The standard InChI is InChI=1S/C9H13BN/c1-7(11)8-3-5-9(10-2)6-4-8/h3-7H,11H2,1-2H3/t7-/m1/s1. The Labute approximate surface area is 68.9 Å². The number of nitrogens with two attached hydrogens (primary N) is 1. The lowest BCUT2D eigenvalue weighted by molar-refractivity contribution is 0.819. The van der Waals surface area contributed by atoms with E-state index in [1.165, 1.54) is 11.0 Å². The van der Waals surface area contributed by atoms with Crippen LogP contribution in [0.1, 0.15) is 18.5 Å². The molecule has 1 radical (unpaired) electrons. The van der Waals surface area contributed by atoms with Crippen LogP contribution in [-0.2, 0) is 0 Å². The van der Waals surface area contributed by atoms with Gasteiger partial charge in [-0.25, -0.2) is 0 Å². The molecule has 11 heavy (non-hydrogen) atoms.